The van der Waals surface area contributed by atoms with Gasteiger partial charge in [-0.1, -0.05) is 91.0 Å². The van der Waals surface area contributed by atoms with Crippen LogP contribution in [-0.4, -0.2) is 9.13 Å². The van der Waals surface area contributed by atoms with Crippen molar-refractivity contribution >= 4 is 54.3 Å². The van der Waals surface area contributed by atoms with Crippen molar-refractivity contribution in [2.75, 3.05) is 0 Å². The summed E-state index contributed by atoms with van der Waals surface area (Å²) in [6.07, 6.45) is 2.21. The molecule has 0 amide bonds. The minimum absolute atomic E-state index is 1.17. The number of nitrogens with zero attached hydrogens (tertiary/aromatic N) is 2. The van der Waals surface area contributed by atoms with Gasteiger partial charge in [0.1, 0.15) is 0 Å². The smallest absolute Gasteiger partial charge is 0.0788 e. The fourth-order valence-electron chi connectivity index (χ4n) is 5.88. The number of rotatable bonds is 2. The molecule has 2 heteroatoms. The van der Waals surface area contributed by atoms with E-state index in [0.717, 1.165) is 0 Å². The Balaban J connectivity index is 1.48. The molecular formula is C34H22N2. The number of benzene rings is 6. The summed E-state index contributed by atoms with van der Waals surface area (Å²) in [4.78, 5) is 0. The molecule has 0 aliphatic rings. The molecule has 0 saturated heterocycles. The van der Waals surface area contributed by atoms with Crippen LogP contribution in [0.1, 0.15) is 0 Å². The van der Waals surface area contributed by atoms with Gasteiger partial charge < -0.3 is 9.13 Å². The Bertz CT molecular complexity index is 2090. The maximum atomic E-state index is 2.41. The molecule has 0 bridgehead atoms. The van der Waals surface area contributed by atoms with E-state index < -0.39 is 0 Å². The Morgan fingerprint density at radius 2 is 1.08 bits per heavy atom. The van der Waals surface area contributed by atoms with Gasteiger partial charge in [-0.25, -0.2) is 0 Å². The van der Waals surface area contributed by atoms with Crippen molar-refractivity contribution in [2.45, 2.75) is 0 Å². The summed E-state index contributed by atoms with van der Waals surface area (Å²) in [5, 5.41) is 8.90. The zero-order chi connectivity index (χ0) is 23.6. The Labute approximate surface area is 208 Å². The summed E-state index contributed by atoms with van der Waals surface area (Å²) in [6.45, 7) is 0. The topological polar surface area (TPSA) is 9.86 Å². The van der Waals surface area contributed by atoms with Crippen LogP contribution < -0.4 is 0 Å². The number of aromatic nitrogens is 2. The van der Waals surface area contributed by atoms with E-state index in [2.05, 4.69) is 143 Å². The lowest BCUT2D eigenvalue weighted by Gasteiger charge is -2.13. The molecule has 0 fully saturated rings. The molecule has 168 valence electrons. The van der Waals surface area contributed by atoms with Crippen molar-refractivity contribution in [2.24, 2.45) is 0 Å². The lowest BCUT2D eigenvalue weighted by molar-refractivity contribution is 1.12. The first-order valence-corrected chi connectivity index (χ1v) is 12.4. The normalized spacial score (nSPS) is 11.9. The minimum Gasteiger partial charge on any atom is -0.315 e. The van der Waals surface area contributed by atoms with E-state index in [-0.39, 0.29) is 0 Å². The van der Waals surface area contributed by atoms with Crippen LogP contribution in [0.15, 0.2) is 134 Å². The minimum atomic E-state index is 1.17. The fraction of sp³-hybridized carbons (Fsp3) is 0. The summed E-state index contributed by atoms with van der Waals surface area (Å²) in [7, 11) is 0. The molecule has 0 spiro atoms. The summed E-state index contributed by atoms with van der Waals surface area (Å²) in [5.41, 5.74) is 6.04. The van der Waals surface area contributed by atoms with E-state index in [9.17, 15) is 0 Å². The van der Waals surface area contributed by atoms with Crippen molar-refractivity contribution in [3.63, 3.8) is 0 Å². The molecular weight excluding hydrogens is 436 g/mol. The van der Waals surface area contributed by atoms with E-state index in [1.807, 2.05) is 0 Å². The first-order chi connectivity index (χ1) is 17.9. The van der Waals surface area contributed by atoms with Gasteiger partial charge in [-0.05, 0) is 57.9 Å². The van der Waals surface area contributed by atoms with Gasteiger partial charge in [0, 0.05) is 33.7 Å². The van der Waals surface area contributed by atoms with Crippen LogP contribution >= 0.6 is 0 Å². The third-order valence-electron chi connectivity index (χ3n) is 7.51. The van der Waals surface area contributed by atoms with Crippen molar-refractivity contribution in [3.8, 4) is 11.4 Å². The largest absolute Gasteiger partial charge is 0.315 e. The quantitative estimate of drug-likeness (QED) is 0.229. The lowest BCUT2D eigenvalue weighted by Crippen LogP contribution is -1.97. The van der Waals surface area contributed by atoms with Crippen molar-refractivity contribution < 1.29 is 0 Å². The maximum absolute atomic E-state index is 2.41. The van der Waals surface area contributed by atoms with Crippen molar-refractivity contribution in [1.29, 1.82) is 0 Å². The molecule has 0 unspecified atom stereocenters. The summed E-state index contributed by atoms with van der Waals surface area (Å²) < 4.78 is 4.77. The van der Waals surface area contributed by atoms with Crippen LogP contribution in [0.4, 0.5) is 0 Å². The van der Waals surface area contributed by atoms with Gasteiger partial charge in [0.25, 0.3) is 0 Å². The number of para-hydroxylation sites is 2. The Morgan fingerprint density at radius 3 is 2.00 bits per heavy atom. The molecule has 0 aliphatic heterocycles. The van der Waals surface area contributed by atoms with Gasteiger partial charge in [-0.15, -0.1) is 0 Å². The predicted octanol–water partition coefficient (Wildman–Crippen LogP) is 9.03. The molecule has 0 radical (unpaired) electrons. The SMILES string of the molecule is c1ccc(-n2c3ccccc3c3ccc4ccn(-c5ccc6c(ccc7ccccc76)c5)c4c32)cc1. The second-order valence-electron chi connectivity index (χ2n) is 9.47. The molecule has 6 aromatic carbocycles. The molecule has 2 aromatic heterocycles. The lowest BCUT2D eigenvalue weighted by atomic mass is 10.0. The molecule has 2 heterocycles. The summed E-state index contributed by atoms with van der Waals surface area (Å²) in [6, 6.07) is 46.1. The standard InChI is InChI=1S/C34H22N2/c1-2-9-26(10-3-1)36-32-13-7-6-12-30(32)31-18-16-24-20-21-35(33(24)34(31)36)27-17-19-29-25(22-27)15-14-23-8-4-5-11-28(23)29/h1-22H. The Hall–Kier alpha value is -4.82. The highest BCUT2D eigenvalue weighted by Crippen LogP contribution is 2.38. The highest BCUT2D eigenvalue weighted by Gasteiger charge is 2.17. The van der Waals surface area contributed by atoms with Gasteiger partial charge in [0.05, 0.1) is 16.6 Å². The summed E-state index contributed by atoms with van der Waals surface area (Å²) >= 11 is 0. The van der Waals surface area contributed by atoms with Crippen molar-refractivity contribution in [3.05, 3.63) is 134 Å². The monoisotopic (exact) mass is 458 g/mol. The van der Waals surface area contributed by atoms with Crippen LogP contribution in [0, 0.1) is 0 Å². The van der Waals surface area contributed by atoms with Crippen LogP contribution in [-0.2, 0) is 0 Å². The van der Waals surface area contributed by atoms with Crippen LogP contribution in [0.2, 0.25) is 0 Å². The third-order valence-corrected chi connectivity index (χ3v) is 7.51. The van der Waals surface area contributed by atoms with E-state index in [0.29, 0.717) is 0 Å². The van der Waals surface area contributed by atoms with Crippen LogP contribution in [0.25, 0.3) is 65.6 Å². The number of fused-ring (bicyclic) bond motifs is 8. The Kier molecular flexibility index (Phi) is 3.97. The first kappa shape index (κ1) is 19.5. The second kappa shape index (κ2) is 7.34. The number of hydrogen-bond acceptors (Lipinski definition) is 0. The van der Waals surface area contributed by atoms with Gasteiger partial charge >= 0.3 is 0 Å². The fourth-order valence-corrected chi connectivity index (χ4v) is 5.88. The van der Waals surface area contributed by atoms with Crippen molar-refractivity contribution in [1.82, 2.24) is 9.13 Å². The van der Waals surface area contributed by atoms with Crippen LogP contribution in [0.5, 0.6) is 0 Å². The van der Waals surface area contributed by atoms with E-state index in [4.69, 9.17) is 0 Å². The second-order valence-corrected chi connectivity index (χ2v) is 9.47. The number of hydrogen-bond donors (Lipinski definition) is 0. The van der Waals surface area contributed by atoms with Gasteiger partial charge in [0.15, 0.2) is 0 Å². The summed E-state index contributed by atoms with van der Waals surface area (Å²) in [5.74, 6) is 0. The highest BCUT2D eigenvalue weighted by molar-refractivity contribution is 6.18. The Morgan fingerprint density at radius 1 is 0.389 bits per heavy atom. The molecule has 0 aliphatic carbocycles. The van der Waals surface area contributed by atoms with Crippen LogP contribution in [0.3, 0.4) is 0 Å². The third kappa shape index (κ3) is 2.67. The molecule has 0 saturated carbocycles. The predicted molar refractivity (Wildman–Crippen MR) is 153 cm³/mol. The van der Waals surface area contributed by atoms with E-state index >= 15 is 0 Å². The average Bonchev–Trinajstić information content (AvgIpc) is 3.52. The van der Waals surface area contributed by atoms with Gasteiger partial charge in [-0.2, -0.15) is 0 Å². The molecule has 8 aromatic rings. The zero-order valence-electron chi connectivity index (χ0n) is 19.6. The molecule has 36 heavy (non-hydrogen) atoms. The van der Waals surface area contributed by atoms with Gasteiger partial charge in [0.2, 0.25) is 0 Å². The first-order valence-electron chi connectivity index (χ1n) is 12.4. The average molecular weight is 459 g/mol. The van der Waals surface area contributed by atoms with E-state index in [1.165, 1.54) is 65.6 Å². The molecule has 0 N–H and O–H groups in total. The molecule has 0 atom stereocenters. The molecule has 8 rings (SSSR count). The van der Waals surface area contributed by atoms with E-state index in [1.54, 1.807) is 0 Å². The zero-order valence-corrected chi connectivity index (χ0v) is 19.6. The maximum Gasteiger partial charge on any atom is 0.0788 e. The molecule has 2 nitrogen and oxygen atoms in total. The highest BCUT2D eigenvalue weighted by atomic mass is 15.0. The van der Waals surface area contributed by atoms with Gasteiger partial charge in [-0.3, -0.25) is 0 Å².